The minimum absolute atomic E-state index is 0.00580. The van der Waals surface area contributed by atoms with E-state index in [1.165, 1.54) is 19.2 Å². The minimum Gasteiger partial charge on any atom is -0.369 e. The largest absolute Gasteiger partial charge is 0.369 e. The molecule has 0 aromatic heterocycles. The second-order valence-electron chi connectivity index (χ2n) is 6.75. The SMILES string of the molecule is CN1C(=O)[C@H](OCc2ccccc2)C(C)(c2cc(C(N)=O)ccc2F)N=C1N. The summed E-state index contributed by atoms with van der Waals surface area (Å²) in [4.78, 5) is 30.0. The lowest BCUT2D eigenvalue weighted by atomic mass is 9.83. The van der Waals surface area contributed by atoms with Gasteiger partial charge in [0.25, 0.3) is 5.91 Å². The van der Waals surface area contributed by atoms with Crippen LogP contribution in [0.25, 0.3) is 0 Å². The monoisotopic (exact) mass is 384 g/mol. The third kappa shape index (κ3) is 3.46. The summed E-state index contributed by atoms with van der Waals surface area (Å²) in [7, 11) is 1.47. The van der Waals surface area contributed by atoms with Crippen molar-refractivity contribution < 1.29 is 18.7 Å². The van der Waals surface area contributed by atoms with Crippen LogP contribution in [0, 0.1) is 5.82 Å². The van der Waals surface area contributed by atoms with Gasteiger partial charge in [-0.25, -0.2) is 9.38 Å². The quantitative estimate of drug-likeness (QED) is 0.814. The van der Waals surface area contributed by atoms with E-state index in [0.29, 0.717) is 0 Å². The van der Waals surface area contributed by atoms with Crippen molar-refractivity contribution in [2.75, 3.05) is 7.05 Å². The van der Waals surface area contributed by atoms with Crippen molar-refractivity contribution >= 4 is 17.8 Å². The Bertz CT molecular complexity index is 948. The van der Waals surface area contributed by atoms with Crippen LogP contribution in [0.15, 0.2) is 53.5 Å². The van der Waals surface area contributed by atoms with Gasteiger partial charge in [-0.05, 0) is 30.7 Å². The van der Waals surface area contributed by atoms with E-state index < -0.39 is 29.3 Å². The molecule has 3 rings (SSSR count). The Morgan fingerprint density at radius 3 is 2.61 bits per heavy atom. The Morgan fingerprint density at radius 1 is 1.29 bits per heavy atom. The molecule has 2 aromatic rings. The van der Waals surface area contributed by atoms with Crippen molar-refractivity contribution in [1.82, 2.24) is 4.90 Å². The molecule has 7 nitrogen and oxygen atoms in total. The molecule has 1 aliphatic rings. The van der Waals surface area contributed by atoms with Crippen LogP contribution in [-0.4, -0.2) is 35.8 Å². The maximum absolute atomic E-state index is 14.7. The zero-order chi connectivity index (χ0) is 20.5. The fourth-order valence-electron chi connectivity index (χ4n) is 3.16. The molecule has 0 saturated carbocycles. The van der Waals surface area contributed by atoms with E-state index in [-0.39, 0.29) is 23.7 Å². The fourth-order valence-corrected chi connectivity index (χ4v) is 3.16. The molecule has 0 fully saturated rings. The Morgan fingerprint density at radius 2 is 1.96 bits per heavy atom. The maximum Gasteiger partial charge on any atom is 0.261 e. The number of benzene rings is 2. The van der Waals surface area contributed by atoms with Crippen LogP contribution in [0.4, 0.5) is 4.39 Å². The lowest BCUT2D eigenvalue weighted by molar-refractivity contribution is -0.146. The third-order valence-corrected chi connectivity index (χ3v) is 4.81. The van der Waals surface area contributed by atoms with Crippen LogP contribution in [-0.2, 0) is 21.7 Å². The van der Waals surface area contributed by atoms with Gasteiger partial charge in [-0.15, -0.1) is 0 Å². The first kappa shape index (κ1) is 19.5. The highest BCUT2D eigenvalue weighted by molar-refractivity contribution is 6.01. The zero-order valence-corrected chi connectivity index (χ0v) is 15.6. The summed E-state index contributed by atoms with van der Waals surface area (Å²) in [6.07, 6.45) is -1.15. The van der Waals surface area contributed by atoms with Gasteiger partial charge >= 0.3 is 0 Å². The number of nitrogens with two attached hydrogens (primary N) is 2. The van der Waals surface area contributed by atoms with Gasteiger partial charge in [0.05, 0.1) is 6.61 Å². The van der Waals surface area contributed by atoms with Crippen molar-refractivity contribution in [3.05, 3.63) is 71.0 Å². The number of hydrogen-bond acceptors (Lipinski definition) is 5. The van der Waals surface area contributed by atoms with E-state index in [1.807, 2.05) is 30.3 Å². The second kappa shape index (κ2) is 7.40. The molecule has 146 valence electrons. The molecule has 2 amide bonds. The van der Waals surface area contributed by atoms with Crippen LogP contribution in [0.2, 0.25) is 0 Å². The van der Waals surface area contributed by atoms with E-state index in [0.717, 1.165) is 16.5 Å². The predicted octanol–water partition coefficient (Wildman–Crippen LogP) is 1.51. The molecule has 0 radical (unpaired) electrons. The van der Waals surface area contributed by atoms with E-state index in [2.05, 4.69) is 4.99 Å². The summed E-state index contributed by atoms with van der Waals surface area (Å²) < 4.78 is 20.6. The molecule has 0 saturated heterocycles. The summed E-state index contributed by atoms with van der Waals surface area (Å²) in [5.74, 6) is -1.90. The Labute approximate surface area is 161 Å². The molecule has 0 spiro atoms. The van der Waals surface area contributed by atoms with E-state index in [1.54, 1.807) is 6.92 Å². The second-order valence-corrected chi connectivity index (χ2v) is 6.75. The number of rotatable bonds is 5. The number of halogens is 1. The summed E-state index contributed by atoms with van der Waals surface area (Å²) in [6.45, 7) is 1.66. The zero-order valence-electron chi connectivity index (χ0n) is 15.6. The average Bonchev–Trinajstić information content (AvgIpc) is 2.67. The van der Waals surface area contributed by atoms with Crippen molar-refractivity contribution in [2.24, 2.45) is 16.5 Å². The molecule has 8 heteroatoms. The first-order valence-corrected chi connectivity index (χ1v) is 8.62. The normalized spacial score (nSPS) is 22.1. The first-order valence-electron chi connectivity index (χ1n) is 8.62. The number of carbonyl (C=O) groups excluding carboxylic acids is 2. The molecule has 1 unspecified atom stereocenters. The first-order chi connectivity index (χ1) is 13.2. The molecular formula is C20H21FN4O3. The summed E-state index contributed by atoms with van der Waals surface area (Å²) in [6, 6.07) is 12.9. The molecule has 1 aliphatic heterocycles. The Hall–Kier alpha value is -3.26. The number of primary amides is 1. The smallest absolute Gasteiger partial charge is 0.261 e. The van der Waals surface area contributed by atoms with Crippen LogP contribution >= 0.6 is 0 Å². The number of nitrogens with zero attached hydrogens (tertiary/aromatic N) is 2. The van der Waals surface area contributed by atoms with Crippen molar-refractivity contribution in [3.8, 4) is 0 Å². The van der Waals surface area contributed by atoms with Gasteiger partial charge in [0.15, 0.2) is 12.1 Å². The number of guanidine groups is 1. The van der Waals surface area contributed by atoms with Gasteiger partial charge < -0.3 is 16.2 Å². The highest BCUT2D eigenvalue weighted by Gasteiger charge is 2.48. The fraction of sp³-hybridized carbons (Fsp3) is 0.250. The predicted molar refractivity (Wildman–Crippen MR) is 102 cm³/mol. The van der Waals surface area contributed by atoms with E-state index in [9.17, 15) is 14.0 Å². The van der Waals surface area contributed by atoms with Gasteiger partial charge in [0.1, 0.15) is 11.4 Å². The van der Waals surface area contributed by atoms with Crippen LogP contribution in [0.1, 0.15) is 28.4 Å². The number of carbonyl (C=O) groups is 2. The molecule has 4 N–H and O–H groups in total. The van der Waals surface area contributed by atoms with Gasteiger partial charge in [-0.2, -0.15) is 0 Å². The Kier molecular flexibility index (Phi) is 5.15. The lowest BCUT2D eigenvalue weighted by Gasteiger charge is -2.40. The van der Waals surface area contributed by atoms with Crippen molar-refractivity contribution in [1.29, 1.82) is 0 Å². The number of likely N-dealkylation sites (N-methyl/N-ethyl adjacent to an activating group) is 1. The molecular weight excluding hydrogens is 363 g/mol. The van der Waals surface area contributed by atoms with Crippen molar-refractivity contribution in [3.63, 3.8) is 0 Å². The molecule has 28 heavy (non-hydrogen) atoms. The molecule has 0 aliphatic carbocycles. The van der Waals surface area contributed by atoms with Crippen LogP contribution in [0.5, 0.6) is 0 Å². The van der Waals surface area contributed by atoms with Gasteiger partial charge in [0, 0.05) is 18.2 Å². The number of ether oxygens (including phenoxy) is 1. The molecule has 2 atom stereocenters. The maximum atomic E-state index is 14.7. The molecule has 2 aromatic carbocycles. The lowest BCUT2D eigenvalue weighted by Crippen LogP contribution is -2.58. The van der Waals surface area contributed by atoms with Gasteiger partial charge in [-0.1, -0.05) is 30.3 Å². The highest BCUT2D eigenvalue weighted by atomic mass is 19.1. The summed E-state index contributed by atoms with van der Waals surface area (Å²) in [5.41, 5.74) is 10.7. The average molecular weight is 384 g/mol. The van der Waals surface area contributed by atoms with Gasteiger partial charge in [0.2, 0.25) is 5.91 Å². The van der Waals surface area contributed by atoms with Crippen LogP contribution < -0.4 is 11.5 Å². The third-order valence-electron chi connectivity index (χ3n) is 4.81. The topological polar surface area (TPSA) is 111 Å². The highest BCUT2D eigenvalue weighted by Crippen LogP contribution is 2.37. The summed E-state index contributed by atoms with van der Waals surface area (Å²) >= 11 is 0. The summed E-state index contributed by atoms with van der Waals surface area (Å²) in [5, 5.41) is 0. The van der Waals surface area contributed by atoms with E-state index in [4.69, 9.17) is 16.2 Å². The standard InChI is InChI=1S/C20H21FN4O3/c1-20(14-10-13(17(22)26)8-9-15(14)21)16(18(27)25(2)19(23)24-20)28-11-12-6-4-3-5-7-12/h3-10,16H,11H2,1-2H3,(H2,22,26)(H2,23,24)/t16-,20?/m0/s1. The molecule has 0 bridgehead atoms. The van der Waals surface area contributed by atoms with Crippen molar-refractivity contribution in [2.45, 2.75) is 25.2 Å². The minimum atomic E-state index is -1.47. The number of hydrogen-bond donors (Lipinski definition) is 2. The van der Waals surface area contributed by atoms with Gasteiger partial charge in [-0.3, -0.25) is 14.5 Å². The van der Waals surface area contributed by atoms with E-state index >= 15 is 0 Å². The van der Waals surface area contributed by atoms with Crippen LogP contribution in [0.3, 0.4) is 0 Å². The number of aliphatic imine (C=N–C) groups is 1. The Balaban J connectivity index is 2.06. The number of amides is 2. The molecule has 1 heterocycles.